The highest BCUT2D eigenvalue weighted by Crippen LogP contribution is 2.23. The van der Waals surface area contributed by atoms with Gasteiger partial charge in [0.1, 0.15) is 6.04 Å². The number of hydrogen-bond donors (Lipinski definition) is 2. The standard InChI is InChI=1S/C15H21ClN2O2.ClH/c1-15(2,11-3-5-12(16)6-4-11)10-18-14(19)13-9-20-8-7-17-13;/h3-6,13,17H,7-10H2,1-2H3,(H,18,19);1H. The highest BCUT2D eigenvalue weighted by molar-refractivity contribution is 6.30. The SMILES string of the molecule is CC(C)(CNC(=O)C1COCCN1)c1ccc(Cl)cc1.Cl. The van der Waals surface area contributed by atoms with Crippen LogP contribution in [0.15, 0.2) is 24.3 Å². The van der Waals surface area contributed by atoms with E-state index in [1.807, 2.05) is 24.3 Å². The summed E-state index contributed by atoms with van der Waals surface area (Å²) >= 11 is 5.90. The lowest BCUT2D eigenvalue weighted by Crippen LogP contribution is -2.52. The van der Waals surface area contributed by atoms with Crippen LogP contribution in [0.2, 0.25) is 5.02 Å². The maximum atomic E-state index is 12.1. The minimum atomic E-state index is -0.246. The van der Waals surface area contributed by atoms with E-state index in [0.717, 1.165) is 17.1 Å². The Labute approximate surface area is 137 Å². The summed E-state index contributed by atoms with van der Waals surface area (Å²) in [5, 5.41) is 6.86. The molecule has 2 N–H and O–H groups in total. The van der Waals surface area contributed by atoms with Crippen LogP contribution in [0.5, 0.6) is 0 Å². The van der Waals surface area contributed by atoms with Crippen molar-refractivity contribution >= 4 is 29.9 Å². The van der Waals surface area contributed by atoms with Gasteiger partial charge in [-0.3, -0.25) is 4.79 Å². The van der Waals surface area contributed by atoms with Gasteiger partial charge in [0.15, 0.2) is 0 Å². The molecule has 6 heteroatoms. The van der Waals surface area contributed by atoms with Gasteiger partial charge in [0, 0.05) is 23.5 Å². The molecule has 0 radical (unpaired) electrons. The van der Waals surface area contributed by atoms with Crippen molar-refractivity contribution in [2.75, 3.05) is 26.3 Å². The van der Waals surface area contributed by atoms with Gasteiger partial charge >= 0.3 is 0 Å². The van der Waals surface area contributed by atoms with E-state index in [1.165, 1.54) is 0 Å². The molecule has 1 aliphatic rings. The molecule has 1 atom stereocenters. The van der Waals surface area contributed by atoms with Crippen molar-refractivity contribution in [3.63, 3.8) is 0 Å². The van der Waals surface area contributed by atoms with Crippen molar-refractivity contribution in [2.24, 2.45) is 0 Å². The molecule has 0 aliphatic carbocycles. The fourth-order valence-electron chi connectivity index (χ4n) is 2.17. The van der Waals surface area contributed by atoms with Gasteiger partial charge in [0.2, 0.25) is 5.91 Å². The van der Waals surface area contributed by atoms with Crippen LogP contribution >= 0.6 is 24.0 Å². The largest absolute Gasteiger partial charge is 0.378 e. The molecule has 0 spiro atoms. The minimum absolute atomic E-state index is 0. The molecule has 1 aromatic carbocycles. The van der Waals surface area contributed by atoms with Crippen LogP contribution in [-0.4, -0.2) is 38.3 Å². The average Bonchev–Trinajstić information content (AvgIpc) is 2.46. The molecule has 1 heterocycles. The zero-order chi connectivity index (χ0) is 14.6. The lowest BCUT2D eigenvalue weighted by molar-refractivity contribution is -0.126. The Hall–Kier alpha value is -0.810. The second-order valence-corrected chi connectivity index (χ2v) is 6.13. The molecule has 0 saturated carbocycles. The first-order valence-electron chi connectivity index (χ1n) is 6.84. The van der Waals surface area contributed by atoms with Gasteiger partial charge in [-0.25, -0.2) is 0 Å². The summed E-state index contributed by atoms with van der Waals surface area (Å²) in [6.07, 6.45) is 0. The van der Waals surface area contributed by atoms with Gasteiger partial charge in [-0.1, -0.05) is 37.6 Å². The van der Waals surface area contributed by atoms with Crippen LogP contribution in [0.3, 0.4) is 0 Å². The van der Waals surface area contributed by atoms with Crippen LogP contribution in [-0.2, 0) is 14.9 Å². The van der Waals surface area contributed by atoms with Crippen LogP contribution in [0.4, 0.5) is 0 Å². The molecule has 0 aromatic heterocycles. The highest BCUT2D eigenvalue weighted by Gasteiger charge is 2.25. The summed E-state index contributed by atoms with van der Waals surface area (Å²) in [6, 6.07) is 7.49. The molecule has 1 aliphatic heterocycles. The van der Waals surface area contributed by atoms with Crippen LogP contribution < -0.4 is 10.6 Å². The predicted molar refractivity (Wildman–Crippen MR) is 87.3 cm³/mol. The van der Waals surface area contributed by atoms with E-state index < -0.39 is 0 Å². The van der Waals surface area contributed by atoms with Crippen molar-refractivity contribution in [3.8, 4) is 0 Å². The molecule has 0 bridgehead atoms. The fraction of sp³-hybridized carbons (Fsp3) is 0.533. The lowest BCUT2D eigenvalue weighted by atomic mass is 9.84. The smallest absolute Gasteiger partial charge is 0.239 e. The monoisotopic (exact) mass is 332 g/mol. The summed E-state index contributed by atoms with van der Waals surface area (Å²) < 4.78 is 5.29. The number of morpholine rings is 1. The number of amides is 1. The lowest BCUT2D eigenvalue weighted by Gasteiger charge is -2.28. The maximum Gasteiger partial charge on any atom is 0.239 e. The van der Waals surface area contributed by atoms with E-state index in [2.05, 4.69) is 24.5 Å². The zero-order valence-electron chi connectivity index (χ0n) is 12.3. The molecule has 1 aromatic rings. The molecule has 2 rings (SSSR count). The van der Waals surface area contributed by atoms with Crippen molar-refractivity contribution in [1.29, 1.82) is 0 Å². The predicted octanol–water partition coefficient (Wildman–Crippen LogP) is 2.14. The van der Waals surface area contributed by atoms with Gasteiger partial charge in [0.25, 0.3) is 0 Å². The Morgan fingerprint density at radius 2 is 2.10 bits per heavy atom. The third kappa shape index (κ3) is 5.15. The summed E-state index contributed by atoms with van der Waals surface area (Å²) in [5.74, 6) is -0.00765. The number of carbonyl (C=O) groups is 1. The van der Waals surface area contributed by atoms with E-state index >= 15 is 0 Å². The number of rotatable bonds is 4. The molecule has 118 valence electrons. The number of nitrogens with one attached hydrogen (secondary N) is 2. The third-order valence-corrected chi connectivity index (χ3v) is 3.82. The first kappa shape index (κ1) is 18.2. The topological polar surface area (TPSA) is 50.4 Å². The summed E-state index contributed by atoms with van der Waals surface area (Å²) in [4.78, 5) is 12.1. The first-order valence-corrected chi connectivity index (χ1v) is 7.22. The van der Waals surface area contributed by atoms with Crippen molar-refractivity contribution < 1.29 is 9.53 Å². The second kappa shape index (κ2) is 7.99. The molecule has 1 amide bonds. The molecule has 1 fully saturated rings. The number of benzene rings is 1. The van der Waals surface area contributed by atoms with Gasteiger partial charge in [-0.15, -0.1) is 12.4 Å². The number of hydrogen-bond acceptors (Lipinski definition) is 3. The van der Waals surface area contributed by atoms with E-state index in [4.69, 9.17) is 16.3 Å². The molecule has 1 unspecified atom stereocenters. The fourth-order valence-corrected chi connectivity index (χ4v) is 2.29. The normalized spacial score (nSPS) is 18.7. The Morgan fingerprint density at radius 1 is 1.43 bits per heavy atom. The van der Waals surface area contributed by atoms with E-state index in [-0.39, 0.29) is 29.8 Å². The van der Waals surface area contributed by atoms with E-state index in [1.54, 1.807) is 0 Å². The van der Waals surface area contributed by atoms with Crippen LogP contribution in [0.25, 0.3) is 0 Å². The van der Waals surface area contributed by atoms with Gasteiger partial charge in [-0.05, 0) is 17.7 Å². The van der Waals surface area contributed by atoms with Gasteiger partial charge in [-0.2, -0.15) is 0 Å². The first-order chi connectivity index (χ1) is 9.49. The average molecular weight is 333 g/mol. The maximum absolute atomic E-state index is 12.1. The van der Waals surface area contributed by atoms with Crippen LogP contribution in [0, 0.1) is 0 Å². The summed E-state index contributed by atoms with van der Waals surface area (Å²) in [7, 11) is 0. The van der Waals surface area contributed by atoms with Gasteiger partial charge in [0.05, 0.1) is 13.2 Å². The van der Waals surface area contributed by atoms with Crippen molar-refractivity contribution in [1.82, 2.24) is 10.6 Å². The van der Waals surface area contributed by atoms with Gasteiger partial charge < -0.3 is 15.4 Å². The zero-order valence-corrected chi connectivity index (χ0v) is 13.9. The Kier molecular flexibility index (Phi) is 6.94. The number of halogens is 2. The Morgan fingerprint density at radius 3 is 2.67 bits per heavy atom. The molecule has 21 heavy (non-hydrogen) atoms. The number of ether oxygens (including phenoxy) is 1. The third-order valence-electron chi connectivity index (χ3n) is 3.57. The Balaban J connectivity index is 0.00000220. The van der Waals surface area contributed by atoms with Crippen molar-refractivity contribution in [2.45, 2.75) is 25.3 Å². The highest BCUT2D eigenvalue weighted by atomic mass is 35.5. The van der Waals surface area contributed by atoms with Crippen molar-refractivity contribution in [3.05, 3.63) is 34.9 Å². The second-order valence-electron chi connectivity index (χ2n) is 5.69. The minimum Gasteiger partial charge on any atom is -0.378 e. The molecular weight excluding hydrogens is 311 g/mol. The van der Waals surface area contributed by atoms with E-state index in [0.29, 0.717) is 19.8 Å². The van der Waals surface area contributed by atoms with Crippen LogP contribution in [0.1, 0.15) is 19.4 Å². The summed E-state index contributed by atoms with van der Waals surface area (Å²) in [5.41, 5.74) is 1.01. The molecule has 1 saturated heterocycles. The summed E-state index contributed by atoms with van der Waals surface area (Å²) in [6.45, 7) is 6.60. The Bertz CT molecular complexity index is 457. The quantitative estimate of drug-likeness (QED) is 0.888. The molecular formula is C15H22Cl2N2O2. The van der Waals surface area contributed by atoms with E-state index in [9.17, 15) is 4.79 Å². The molecule has 4 nitrogen and oxygen atoms in total. The number of carbonyl (C=O) groups excluding carboxylic acids is 1.